The van der Waals surface area contributed by atoms with Gasteiger partial charge in [0.2, 0.25) is 0 Å². The molecular formula is C7H10FN6OP. The van der Waals surface area contributed by atoms with Gasteiger partial charge >= 0.3 is 0 Å². The van der Waals surface area contributed by atoms with Gasteiger partial charge < -0.3 is 0 Å². The Morgan fingerprint density at radius 3 is 2.75 bits per heavy atom. The Balaban J connectivity index is 2.81. The number of hydrogen-bond acceptors (Lipinski definition) is 2. The van der Waals surface area contributed by atoms with Gasteiger partial charge in [0.05, 0.1) is 5.69 Å². The van der Waals surface area contributed by atoms with Gasteiger partial charge in [-0.2, -0.15) is 0 Å². The van der Waals surface area contributed by atoms with E-state index in [2.05, 4.69) is 15.1 Å². The molecule has 0 bridgehead atoms. The summed E-state index contributed by atoms with van der Waals surface area (Å²) in [5, 5.41) is 5.50. The highest BCUT2D eigenvalue weighted by Crippen LogP contribution is 2.22. The molecular weight excluding hydrogens is 234 g/mol. The maximum Gasteiger partial charge on any atom is 0.274 e. The Morgan fingerprint density at radius 2 is 2.25 bits per heavy atom. The highest BCUT2D eigenvalue weighted by molar-refractivity contribution is 7.56. The largest absolute Gasteiger partial charge is 0.274 e. The Kier molecular flexibility index (Phi) is 4.00. The molecule has 0 saturated carbocycles. The predicted molar refractivity (Wildman–Crippen MR) is 58.0 cm³/mol. The van der Waals surface area contributed by atoms with Crippen LogP contribution in [0.5, 0.6) is 0 Å². The molecule has 7 nitrogen and oxygen atoms in total. The van der Waals surface area contributed by atoms with Crippen LogP contribution in [0.2, 0.25) is 0 Å². The second-order valence-corrected chi connectivity index (χ2v) is 4.75. The zero-order valence-electron chi connectivity index (χ0n) is 8.17. The third kappa shape index (κ3) is 3.98. The molecule has 16 heavy (non-hydrogen) atoms. The Morgan fingerprint density at radius 1 is 1.56 bits per heavy atom. The van der Waals surface area contributed by atoms with Crippen molar-refractivity contribution in [3.8, 4) is 0 Å². The minimum Gasteiger partial charge on any atom is -0.271 e. The summed E-state index contributed by atoms with van der Waals surface area (Å²) in [6.45, 7) is 0.0672. The van der Waals surface area contributed by atoms with Crippen molar-refractivity contribution in [2.75, 3.05) is 0 Å². The number of nitrogens with one attached hydrogen (secondary N) is 1. The monoisotopic (exact) mass is 244 g/mol. The predicted octanol–water partition coefficient (Wildman–Crippen LogP) is 1.88. The molecule has 0 aromatic heterocycles. The first-order chi connectivity index (χ1) is 7.42. The van der Waals surface area contributed by atoms with Crippen molar-refractivity contribution in [2.24, 2.45) is 16.1 Å². The zero-order chi connectivity index (χ0) is 12.2. The molecule has 0 fully saturated rings. The number of azide groups is 1. The van der Waals surface area contributed by atoms with Crippen LogP contribution >= 0.6 is 7.59 Å². The average Bonchev–Trinajstić information content (AvgIpc) is 2.18. The number of nitrogens with two attached hydrogens (primary N) is 2. The molecule has 86 valence electrons. The summed E-state index contributed by atoms with van der Waals surface area (Å²) in [5.74, 6) is -0.666. The fourth-order valence-corrected chi connectivity index (χ4v) is 1.43. The summed E-state index contributed by atoms with van der Waals surface area (Å²) < 4.78 is 24.2. The van der Waals surface area contributed by atoms with Crippen LogP contribution < -0.4 is 16.1 Å². The molecule has 0 heterocycles. The number of halogens is 1. The van der Waals surface area contributed by atoms with Crippen molar-refractivity contribution in [1.29, 1.82) is 0 Å². The lowest BCUT2D eigenvalue weighted by Crippen LogP contribution is -2.21. The second kappa shape index (κ2) is 5.07. The molecule has 5 N–H and O–H groups in total. The van der Waals surface area contributed by atoms with Crippen LogP contribution in [0.1, 0.15) is 5.56 Å². The Hall–Kier alpha value is -1.43. The Labute approximate surface area is 90.8 Å². The Bertz CT molecular complexity index is 480. The van der Waals surface area contributed by atoms with Gasteiger partial charge in [0.25, 0.3) is 7.59 Å². The van der Waals surface area contributed by atoms with Crippen LogP contribution in [-0.4, -0.2) is 0 Å². The van der Waals surface area contributed by atoms with Crippen molar-refractivity contribution in [3.63, 3.8) is 0 Å². The number of rotatable bonds is 4. The van der Waals surface area contributed by atoms with E-state index in [4.69, 9.17) is 16.5 Å². The number of nitrogens with zero attached hydrogens (tertiary/aromatic N) is 3. The molecule has 9 heteroatoms. The molecule has 0 atom stereocenters. The maximum atomic E-state index is 13.2. The first kappa shape index (κ1) is 12.6. The summed E-state index contributed by atoms with van der Waals surface area (Å²) in [6, 6.07) is 3.96. The van der Waals surface area contributed by atoms with Gasteiger partial charge in [-0.15, -0.1) is 0 Å². The van der Waals surface area contributed by atoms with Gasteiger partial charge in [0, 0.05) is 11.5 Å². The highest BCUT2D eigenvalue weighted by atomic mass is 31.2. The van der Waals surface area contributed by atoms with Gasteiger partial charge in [-0.1, -0.05) is 11.2 Å². The maximum absolute atomic E-state index is 13.2. The summed E-state index contributed by atoms with van der Waals surface area (Å²) >= 11 is 0. The van der Waals surface area contributed by atoms with E-state index in [1.54, 1.807) is 0 Å². The van der Waals surface area contributed by atoms with E-state index >= 15 is 0 Å². The van der Waals surface area contributed by atoms with Gasteiger partial charge in [0.1, 0.15) is 5.82 Å². The fourth-order valence-electron chi connectivity index (χ4n) is 1.00. The normalized spacial score (nSPS) is 10.9. The zero-order valence-corrected chi connectivity index (χ0v) is 9.06. The average molecular weight is 244 g/mol. The van der Waals surface area contributed by atoms with Crippen LogP contribution in [-0.2, 0) is 11.1 Å². The summed E-state index contributed by atoms with van der Waals surface area (Å²) in [5.41, 5.74) is 18.6. The topological polar surface area (TPSA) is 130 Å². The molecule has 0 aliphatic carbocycles. The van der Waals surface area contributed by atoms with Gasteiger partial charge in [-0.3, -0.25) is 15.6 Å². The molecule has 1 rings (SSSR count). The van der Waals surface area contributed by atoms with Crippen molar-refractivity contribution < 1.29 is 8.96 Å². The molecule has 0 amide bonds. The highest BCUT2D eigenvalue weighted by Gasteiger charge is 2.08. The molecule has 0 aliphatic heterocycles. The minimum atomic E-state index is -3.33. The van der Waals surface area contributed by atoms with Crippen LogP contribution in [0.25, 0.3) is 10.4 Å². The summed E-state index contributed by atoms with van der Waals surface area (Å²) in [7, 11) is -3.33. The summed E-state index contributed by atoms with van der Waals surface area (Å²) in [6.07, 6.45) is 0. The first-order valence-electron chi connectivity index (χ1n) is 4.18. The fraction of sp³-hybridized carbons (Fsp3) is 0.143. The number of hydrogen-bond donors (Lipinski definition) is 3. The third-order valence-corrected chi connectivity index (χ3v) is 2.35. The lowest BCUT2D eigenvalue weighted by Gasteiger charge is -2.08. The molecule has 0 saturated heterocycles. The van der Waals surface area contributed by atoms with Crippen molar-refractivity contribution >= 4 is 13.3 Å². The quantitative estimate of drug-likeness (QED) is 0.323. The van der Waals surface area contributed by atoms with Crippen molar-refractivity contribution in [1.82, 2.24) is 5.09 Å². The van der Waals surface area contributed by atoms with Crippen molar-refractivity contribution in [3.05, 3.63) is 40.0 Å². The molecule has 1 aromatic carbocycles. The SMILES string of the molecule is [N-]=[N+]=Nc1ccc(CNP(N)(N)=O)cc1F. The van der Waals surface area contributed by atoms with Gasteiger partial charge in [-0.25, -0.2) is 9.48 Å². The standard InChI is InChI=1S/C7H10FN6OP/c8-6-3-5(4-12-16(10,11)15)1-2-7(6)13-14-9/h1-3H,4H2,(H5,10,11,12,15). The lowest BCUT2D eigenvalue weighted by molar-refractivity contribution is 0.565. The van der Waals surface area contributed by atoms with E-state index in [1.165, 1.54) is 12.1 Å². The van der Waals surface area contributed by atoms with Gasteiger partial charge in [-0.05, 0) is 23.2 Å². The lowest BCUT2D eigenvalue weighted by atomic mass is 10.2. The molecule has 0 aliphatic rings. The molecule has 1 aromatic rings. The van der Waals surface area contributed by atoms with E-state index in [0.717, 1.165) is 6.07 Å². The van der Waals surface area contributed by atoms with Crippen molar-refractivity contribution in [2.45, 2.75) is 6.54 Å². The van der Waals surface area contributed by atoms with Gasteiger partial charge in [0.15, 0.2) is 0 Å². The molecule has 0 spiro atoms. The third-order valence-electron chi connectivity index (χ3n) is 1.69. The van der Waals surface area contributed by atoms with Crippen LogP contribution in [0, 0.1) is 5.82 Å². The van der Waals surface area contributed by atoms with E-state index in [9.17, 15) is 8.96 Å². The number of benzene rings is 1. The summed E-state index contributed by atoms with van der Waals surface area (Å²) in [4.78, 5) is 2.47. The minimum absolute atomic E-state index is 0.0672. The van der Waals surface area contributed by atoms with Crippen LogP contribution in [0.15, 0.2) is 23.3 Å². The smallest absolute Gasteiger partial charge is 0.271 e. The van der Waals surface area contributed by atoms with E-state index < -0.39 is 13.4 Å². The molecule has 0 radical (unpaired) electrons. The molecule has 0 unspecified atom stereocenters. The second-order valence-electron chi connectivity index (χ2n) is 3.02. The van der Waals surface area contributed by atoms with E-state index in [0.29, 0.717) is 5.56 Å². The van der Waals surface area contributed by atoms with E-state index in [-0.39, 0.29) is 12.2 Å². The van der Waals surface area contributed by atoms with Crippen LogP contribution in [0.3, 0.4) is 0 Å². The van der Waals surface area contributed by atoms with Crippen LogP contribution in [0.4, 0.5) is 10.1 Å². The first-order valence-corrected chi connectivity index (χ1v) is 6.03. The van der Waals surface area contributed by atoms with E-state index in [1.807, 2.05) is 0 Å².